The van der Waals surface area contributed by atoms with E-state index in [2.05, 4.69) is 11.8 Å². The van der Waals surface area contributed by atoms with Crippen LogP contribution in [-0.4, -0.2) is 42.4 Å². The number of benzene rings is 3. The number of fused-ring (bicyclic) bond motifs is 1. The van der Waals surface area contributed by atoms with E-state index in [0.29, 0.717) is 34.8 Å². The third-order valence-electron chi connectivity index (χ3n) is 7.36. The number of ether oxygens (including phenoxy) is 2. The Morgan fingerprint density at radius 3 is 2.46 bits per heavy atom. The molecule has 3 aromatic carbocycles. The van der Waals surface area contributed by atoms with Crippen molar-refractivity contribution < 1.29 is 27.8 Å². The molecule has 3 atom stereocenters. The van der Waals surface area contributed by atoms with Gasteiger partial charge >= 0.3 is 0 Å². The molecule has 0 aromatic heterocycles. The topological polar surface area (TPSA) is 41.9 Å². The minimum absolute atomic E-state index is 0.117. The Kier molecular flexibility index (Phi) is 7.15. The average Bonchev–Trinajstić information content (AvgIpc) is 3.40. The summed E-state index contributed by atoms with van der Waals surface area (Å²) in [4.78, 5) is 2.26. The quantitative estimate of drug-likeness (QED) is 0.381. The highest BCUT2D eigenvalue weighted by Crippen LogP contribution is 2.48. The van der Waals surface area contributed by atoms with Crippen molar-refractivity contribution in [1.82, 2.24) is 4.90 Å². The van der Waals surface area contributed by atoms with E-state index in [4.69, 9.17) is 9.47 Å². The van der Waals surface area contributed by atoms with Crippen molar-refractivity contribution in [3.63, 3.8) is 0 Å². The number of rotatable bonds is 7. The summed E-state index contributed by atoms with van der Waals surface area (Å²) in [5.41, 5.74) is 3.02. The zero-order valence-electron chi connectivity index (χ0n) is 20.9. The van der Waals surface area contributed by atoms with Crippen molar-refractivity contribution in [2.24, 2.45) is 5.92 Å². The molecule has 2 aliphatic rings. The zero-order valence-corrected chi connectivity index (χ0v) is 20.9. The van der Waals surface area contributed by atoms with Gasteiger partial charge in [0.25, 0.3) is 0 Å². The smallest absolute Gasteiger partial charge is 0.176 e. The first-order valence-electron chi connectivity index (χ1n) is 12.5. The molecular weight excluding hydrogens is 479 g/mol. The maximum atomic E-state index is 14.9. The van der Waals surface area contributed by atoms with Gasteiger partial charge in [0.05, 0.1) is 12.2 Å². The Hall–Kier alpha value is -3.45. The van der Waals surface area contributed by atoms with Gasteiger partial charge in [0.1, 0.15) is 30.0 Å². The summed E-state index contributed by atoms with van der Waals surface area (Å²) in [5.74, 6) is -0.427. The highest BCUT2D eigenvalue weighted by Gasteiger charge is 2.32. The fourth-order valence-electron chi connectivity index (χ4n) is 5.19. The van der Waals surface area contributed by atoms with Gasteiger partial charge in [-0.2, -0.15) is 0 Å². The summed E-state index contributed by atoms with van der Waals surface area (Å²) in [6.07, 6.45) is 0.310. The molecule has 0 aliphatic carbocycles. The Morgan fingerprint density at radius 2 is 1.78 bits per heavy atom. The van der Waals surface area contributed by atoms with Gasteiger partial charge in [0.15, 0.2) is 11.6 Å². The highest BCUT2D eigenvalue weighted by atomic mass is 19.1. The van der Waals surface area contributed by atoms with Crippen molar-refractivity contribution in [1.29, 1.82) is 0 Å². The Bertz CT molecular complexity index is 1290. The number of nitrogens with zero attached hydrogens (tertiary/aromatic N) is 1. The summed E-state index contributed by atoms with van der Waals surface area (Å²) < 4.78 is 53.8. The van der Waals surface area contributed by atoms with Crippen LogP contribution in [-0.2, 0) is 0 Å². The second-order valence-corrected chi connectivity index (χ2v) is 9.85. The van der Waals surface area contributed by atoms with E-state index in [1.54, 1.807) is 25.1 Å². The number of hydrogen-bond donors (Lipinski definition) is 1. The fourth-order valence-corrected chi connectivity index (χ4v) is 5.19. The van der Waals surface area contributed by atoms with Gasteiger partial charge in [-0.1, -0.05) is 24.3 Å². The molecule has 1 fully saturated rings. The number of aromatic hydroxyl groups is 1. The third kappa shape index (κ3) is 5.05. The standard InChI is InChI=1S/C30H30F3NO3/c1-18(34-14-13-20(15-31)16-34)17-36-24-9-5-22(6-10-24)30-27(21-3-7-23(32)8-4-21)19(2)28-26(37-30)12-11-25(35)29(28)33/h3-12,18,20,30,35H,13-17H2,1-2H3/t18-,20?,30+/m0/s1. The first-order valence-corrected chi connectivity index (χ1v) is 12.5. The summed E-state index contributed by atoms with van der Waals surface area (Å²) in [7, 11) is 0. The monoisotopic (exact) mass is 509 g/mol. The van der Waals surface area contributed by atoms with Crippen molar-refractivity contribution >= 4 is 11.1 Å². The summed E-state index contributed by atoms with van der Waals surface area (Å²) in [6.45, 7) is 5.72. The van der Waals surface area contributed by atoms with Crippen LogP contribution in [0.2, 0.25) is 0 Å². The van der Waals surface area contributed by atoms with Gasteiger partial charge in [0, 0.05) is 24.1 Å². The molecule has 2 aliphatic heterocycles. The first-order chi connectivity index (χ1) is 17.9. The SMILES string of the molecule is CC1=C(c2ccc(F)cc2)[C@@H](c2ccc(OC[C@H](C)N3CCC(CF)C3)cc2)Oc2ccc(O)c(F)c21. The van der Waals surface area contributed by atoms with Crippen LogP contribution in [0.1, 0.15) is 43.1 Å². The largest absolute Gasteiger partial charge is 0.505 e. The molecular formula is C30H30F3NO3. The van der Waals surface area contributed by atoms with Crippen molar-refractivity contribution in [2.45, 2.75) is 32.4 Å². The van der Waals surface area contributed by atoms with Gasteiger partial charge < -0.3 is 14.6 Å². The van der Waals surface area contributed by atoms with Crippen molar-refractivity contribution in [3.05, 3.63) is 89.0 Å². The number of alkyl halides is 1. The molecule has 37 heavy (non-hydrogen) atoms. The lowest BCUT2D eigenvalue weighted by Crippen LogP contribution is -2.35. The molecule has 0 spiro atoms. The second-order valence-electron chi connectivity index (χ2n) is 9.85. The van der Waals surface area contributed by atoms with E-state index < -0.39 is 17.7 Å². The Balaban J connectivity index is 1.40. The molecule has 1 N–H and O–H groups in total. The maximum Gasteiger partial charge on any atom is 0.176 e. The van der Waals surface area contributed by atoms with Gasteiger partial charge in [-0.25, -0.2) is 8.78 Å². The van der Waals surface area contributed by atoms with Crippen molar-refractivity contribution in [2.75, 3.05) is 26.4 Å². The third-order valence-corrected chi connectivity index (χ3v) is 7.36. The van der Waals surface area contributed by atoms with Crippen LogP contribution in [0.3, 0.4) is 0 Å². The number of phenolic OH excluding ortho intramolecular Hbond substituents is 1. The van der Waals surface area contributed by atoms with E-state index >= 15 is 0 Å². The summed E-state index contributed by atoms with van der Waals surface area (Å²) in [6, 6.07) is 16.5. The molecule has 194 valence electrons. The molecule has 4 nitrogen and oxygen atoms in total. The molecule has 2 heterocycles. The fraction of sp³-hybridized carbons (Fsp3) is 0.333. The van der Waals surface area contributed by atoms with Crippen LogP contribution in [0.25, 0.3) is 11.1 Å². The molecule has 3 aromatic rings. The lowest BCUT2D eigenvalue weighted by Gasteiger charge is -2.31. The van der Waals surface area contributed by atoms with Gasteiger partial charge in [0.2, 0.25) is 0 Å². The molecule has 0 bridgehead atoms. The van der Waals surface area contributed by atoms with Crippen LogP contribution in [0.15, 0.2) is 60.7 Å². The summed E-state index contributed by atoms with van der Waals surface area (Å²) in [5, 5.41) is 9.95. The predicted molar refractivity (Wildman–Crippen MR) is 137 cm³/mol. The number of phenols is 1. The van der Waals surface area contributed by atoms with Crippen LogP contribution in [0.4, 0.5) is 13.2 Å². The van der Waals surface area contributed by atoms with E-state index in [9.17, 15) is 18.3 Å². The second kappa shape index (κ2) is 10.5. The maximum absolute atomic E-state index is 14.9. The number of allylic oxidation sites excluding steroid dienone is 1. The summed E-state index contributed by atoms with van der Waals surface area (Å²) >= 11 is 0. The van der Waals surface area contributed by atoms with Crippen LogP contribution >= 0.6 is 0 Å². The lowest BCUT2D eigenvalue weighted by atomic mass is 9.86. The molecule has 7 heteroatoms. The molecule has 1 saturated heterocycles. The molecule has 1 unspecified atom stereocenters. The minimum Gasteiger partial charge on any atom is -0.505 e. The molecule has 0 saturated carbocycles. The predicted octanol–water partition coefficient (Wildman–Crippen LogP) is 6.79. The molecule has 5 rings (SSSR count). The van der Waals surface area contributed by atoms with Gasteiger partial charge in [-0.3, -0.25) is 9.29 Å². The Morgan fingerprint density at radius 1 is 1.05 bits per heavy atom. The minimum atomic E-state index is -0.748. The van der Waals surface area contributed by atoms with Crippen LogP contribution in [0, 0.1) is 17.6 Å². The van der Waals surface area contributed by atoms with E-state index in [-0.39, 0.29) is 30.0 Å². The van der Waals surface area contributed by atoms with Crippen LogP contribution < -0.4 is 9.47 Å². The zero-order chi connectivity index (χ0) is 26.1. The van der Waals surface area contributed by atoms with Crippen molar-refractivity contribution in [3.8, 4) is 17.2 Å². The normalized spacial score (nSPS) is 20.5. The lowest BCUT2D eigenvalue weighted by molar-refractivity contribution is 0.165. The highest BCUT2D eigenvalue weighted by molar-refractivity contribution is 5.95. The van der Waals surface area contributed by atoms with E-state index in [1.807, 2.05) is 24.3 Å². The number of likely N-dealkylation sites (tertiary alicyclic amines) is 1. The molecule has 0 radical (unpaired) electrons. The van der Waals surface area contributed by atoms with Crippen LogP contribution in [0.5, 0.6) is 17.2 Å². The van der Waals surface area contributed by atoms with Gasteiger partial charge in [-0.15, -0.1) is 0 Å². The molecule has 0 amide bonds. The Labute approximate surface area is 215 Å². The van der Waals surface area contributed by atoms with E-state index in [0.717, 1.165) is 25.1 Å². The average molecular weight is 510 g/mol. The number of halogens is 3. The first kappa shape index (κ1) is 25.2. The van der Waals surface area contributed by atoms with Gasteiger partial charge in [-0.05, 0) is 79.9 Å². The van der Waals surface area contributed by atoms with E-state index in [1.165, 1.54) is 18.2 Å². The number of hydrogen-bond acceptors (Lipinski definition) is 4.